The highest BCUT2D eigenvalue weighted by molar-refractivity contribution is 7.89. The maximum Gasteiger partial charge on any atom is 0.246 e. The van der Waals surface area contributed by atoms with Crippen LogP contribution in [0.4, 0.5) is 13.2 Å². The van der Waals surface area contributed by atoms with Crippen molar-refractivity contribution in [3.8, 4) is 0 Å². The molecule has 1 aliphatic rings. The minimum absolute atomic E-state index is 0.187. The lowest BCUT2D eigenvalue weighted by molar-refractivity contribution is 0.226. The number of rotatable bonds is 3. The average Bonchev–Trinajstić information content (AvgIpc) is 2.44. The van der Waals surface area contributed by atoms with Crippen molar-refractivity contribution in [2.75, 3.05) is 6.54 Å². The van der Waals surface area contributed by atoms with Crippen molar-refractivity contribution in [1.82, 2.24) is 4.31 Å². The third-order valence-electron chi connectivity index (χ3n) is 3.69. The number of sulfonamides is 1. The molecule has 0 saturated carbocycles. The Morgan fingerprint density at radius 1 is 1.24 bits per heavy atom. The molecule has 2 atom stereocenters. The normalized spacial score (nSPS) is 22.2. The minimum atomic E-state index is -4.25. The number of nitrogens with zero attached hydrogens (tertiary/aromatic N) is 1. The molecule has 118 valence electrons. The molecule has 0 amide bonds. The van der Waals surface area contributed by atoms with Crippen LogP contribution in [0.2, 0.25) is 0 Å². The SMILES string of the molecule is C[C@H](N)[C@@H]1CCCCN1S(=O)(=O)c1ccc(F)c(F)c1F. The Hall–Kier alpha value is -1.12. The van der Waals surface area contributed by atoms with Gasteiger partial charge >= 0.3 is 0 Å². The second kappa shape index (κ2) is 5.94. The molecule has 1 aromatic carbocycles. The van der Waals surface area contributed by atoms with Crippen LogP contribution in [0.3, 0.4) is 0 Å². The number of halogens is 3. The summed E-state index contributed by atoms with van der Waals surface area (Å²) in [5.74, 6) is -4.90. The summed E-state index contributed by atoms with van der Waals surface area (Å²) in [7, 11) is -4.25. The van der Waals surface area contributed by atoms with Crippen LogP contribution < -0.4 is 5.73 Å². The monoisotopic (exact) mass is 322 g/mol. The van der Waals surface area contributed by atoms with E-state index in [2.05, 4.69) is 0 Å². The van der Waals surface area contributed by atoms with E-state index in [1.54, 1.807) is 6.92 Å². The lowest BCUT2D eigenvalue weighted by Gasteiger charge is -2.36. The van der Waals surface area contributed by atoms with Crippen molar-refractivity contribution in [3.05, 3.63) is 29.6 Å². The van der Waals surface area contributed by atoms with Crippen LogP contribution in [0.5, 0.6) is 0 Å². The molecule has 0 aromatic heterocycles. The predicted molar refractivity (Wildman–Crippen MR) is 71.5 cm³/mol. The third-order valence-corrected chi connectivity index (χ3v) is 5.63. The highest BCUT2D eigenvalue weighted by Crippen LogP contribution is 2.29. The van der Waals surface area contributed by atoms with Crippen molar-refractivity contribution >= 4 is 10.0 Å². The molecule has 1 aliphatic heterocycles. The Kier molecular flexibility index (Phi) is 4.60. The van der Waals surface area contributed by atoms with Crippen LogP contribution in [0.15, 0.2) is 17.0 Å². The second-order valence-corrected chi connectivity index (χ2v) is 7.07. The molecular formula is C13H17F3N2O2S. The minimum Gasteiger partial charge on any atom is -0.326 e. The molecule has 0 bridgehead atoms. The van der Waals surface area contributed by atoms with E-state index in [1.807, 2.05) is 0 Å². The number of hydrogen-bond donors (Lipinski definition) is 1. The zero-order valence-corrected chi connectivity index (χ0v) is 12.3. The van der Waals surface area contributed by atoms with Gasteiger partial charge < -0.3 is 5.73 Å². The van der Waals surface area contributed by atoms with Gasteiger partial charge in [0.05, 0.1) is 0 Å². The topological polar surface area (TPSA) is 63.4 Å². The number of hydrogen-bond acceptors (Lipinski definition) is 3. The van der Waals surface area contributed by atoms with Gasteiger partial charge in [-0.1, -0.05) is 6.42 Å². The first kappa shape index (κ1) is 16.3. The largest absolute Gasteiger partial charge is 0.326 e. The molecule has 0 spiro atoms. The van der Waals surface area contributed by atoms with E-state index in [-0.39, 0.29) is 6.54 Å². The number of piperidine rings is 1. The summed E-state index contributed by atoms with van der Waals surface area (Å²) in [5, 5.41) is 0. The van der Waals surface area contributed by atoms with Crippen molar-refractivity contribution in [1.29, 1.82) is 0 Å². The van der Waals surface area contributed by atoms with Gasteiger partial charge in [0, 0.05) is 18.6 Å². The Morgan fingerprint density at radius 2 is 1.90 bits per heavy atom. The summed E-state index contributed by atoms with van der Waals surface area (Å²) < 4.78 is 66.2. The van der Waals surface area contributed by atoms with Crippen LogP contribution in [-0.4, -0.2) is 31.4 Å². The second-order valence-electron chi connectivity index (χ2n) is 5.21. The predicted octanol–water partition coefficient (Wildman–Crippen LogP) is 1.99. The fraction of sp³-hybridized carbons (Fsp3) is 0.538. The fourth-order valence-corrected chi connectivity index (χ4v) is 4.42. The summed E-state index contributed by atoms with van der Waals surface area (Å²) in [5.41, 5.74) is 5.79. The molecule has 2 N–H and O–H groups in total. The molecule has 0 unspecified atom stereocenters. The molecule has 1 heterocycles. The molecule has 21 heavy (non-hydrogen) atoms. The highest BCUT2D eigenvalue weighted by Gasteiger charge is 2.37. The standard InChI is InChI=1S/C13H17F3N2O2S/c1-8(17)10-4-2-3-7-18(10)21(19,20)11-6-5-9(14)12(15)13(11)16/h5-6,8,10H,2-4,7,17H2,1H3/t8-,10-/m0/s1. The summed E-state index contributed by atoms with van der Waals surface area (Å²) >= 11 is 0. The quantitative estimate of drug-likeness (QED) is 0.866. The molecule has 8 heteroatoms. The van der Waals surface area contributed by atoms with E-state index < -0.39 is 44.5 Å². The van der Waals surface area contributed by atoms with Crippen LogP contribution in [-0.2, 0) is 10.0 Å². The van der Waals surface area contributed by atoms with E-state index in [0.29, 0.717) is 18.9 Å². The van der Waals surface area contributed by atoms with Gasteiger partial charge in [-0.2, -0.15) is 4.31 Å². The molecule has 1 aromatic rings. The maximum absolute atomic E-state index is 13.8. The molecule has 4 nitrogen and oxygen atoms in total. The number of benzene rings is 1. The maximum atomic E-state index is 13.8. The summed E-state index contributed by atoms with van der Waals surface area (Å²) in [4.78, 5) is -0.853. The van der Waals surface area contributed by atoms with Crippen molar-refractivity contribution < 1.29 is 21.6 Å². The first-order valence-electron chi connectivity index (χ1n) is 6.67. The van der Waals surface area contributed by atoms with Crippen LogP contribution >= 0.6 is 0 Å². The van der Waals surface area contributed by atoms with E-state index in [1.165, 1.54) is 0 Å². The first-order chi connectivity index (χ1) is 9.76. The van der Waals surface area contributed by atoms with E-state index in [4.69, 9.17) is 5.73 Å². The van der Waals surface area contributed by atoms with Gasteiger partial charge in [0.15, 0.2) is 17.5 Å². The van der Waals surface area contributed by atoms with Crippen LogP contribution in [0, 0.1) is 17.5 Å². The molecule has 2 rings (SSSR count). The van der Waals surface area contributed by atoms with Crippen molar-refractivity contribution in [3.63, 3.8) is 0 Å². The van der Waals surface area contributed by atoms with Gasteiger partial charge in [-0.05, 0) is 31.9 Å². The molecular weight excluding hydrogens is 305 g/mol. The van der Waals surface area contributed by atoms with Crippen molar-refractivity contribution in [2.24, 2.45) is 5.73 Å². The Morgan fingerprint density at radius 3 is 2.52 bits per heavy atom. The highest BCUT2D eigenvalue weighted by atomic mass is 32.2. The molecule has 0 radical (unpaired) electrons. The molecule has 1 saturated heterocycles. The fourth-order valence-electron chi connectivity index (χ4n) is 2.59. The van der Waals surface area contributed by atoms with Crippen LogP contribution in [0.25, 0.3) is 0 Å². The van der Waals surface area contributed by atoms with E-state index in [9.17, 15) is 21.6 Å². The third kappa shape index (κ3) is 2.93. The summed E-state index contributed by atoms with van der Waals surface area (Å²) in [6.45, 7) is 1.85. The lowest BCUT2D eigenvalue weighted by Crippen LogP contribution is -2.51. The van der Waals surface area contributed by atoms with Gasteiger partial charge in [-0.15, -0.1) is 0 Å². The van der Waals surface area contributed by atoms with Crippen molar-refractivity contribution in [2.45, 2.75) is 43.2 Å². The summed E-state index contributed by atoms with van der Waals surface area (Å²) in [6.07, 6.45) is 1.99. The Bertz CT molecular complexity index is 635. The van der Waals surface area contributed by atoms with Gasteiger partial charge in [-0.25, -0.2) is 21.6 Å². The average molecular weight is 322 g/mol. The van der Waals surface area contributed by atoms with E-state index >= 15 is 0 Å². The van der Waals surface area contributed by atoms with Gasteiger partial charge in [-0.3, -0.25) is 0 Å². The zero-order valence-electron chi connectivity index (χ0n) is 11.5. The van der Waals surface area contributed by atoms with Crippen LogP contribution in [0.1, 0.15) is 26.2 Å². The van der Waals surface area contributed by atoms with Gasteiger partial charge in [0.1, 0.15) is 4.90 Å². The Labute approximate surface area is 121 Å². The molecule has 0 aliphatic carbocycles. The van der Waals surface area contributed by atoms with Gasteiger partial charge in [0.2, 0.25) is 10.0 Å². The van der Waals surface area contributed by atoms with E-state index in [0.717, 1.165) is 16.8 Å². The molecule has 1 fully saturated rings. The first-order valence-corrected chi connectivity index (χ1v) is 8.11. The Balaban J connectivity index is 2.48. The summed E-state index contributed by atoms with van der Waals surface area (Å²) in [6, 6.07) is 0.441. The van der Waals surface area contributed by atoms with Gasteiger partial charge in [0.25, 0.3) is 0 Å². The zero-order chi connectivity index (χ0) is 15.8. The number of nitrogens with two attached hydrogens (primary N) is 1. The smallest absolute Gasteiger partial charge is 0.246 e. The lowest BCUT2D eigenvalue weighted by atomic mass is 10.00.